The number of rotatable bonds is 0. The van der Waals surface area contributed by atoms with Crippen molar-refractivity contribution < 1.29 is 9.84 Å². The third-order valence-electron chi connectivity index (χ3n) is 0.777. The molecule has 3 nitrogen and oxygen atoms in total. The largest absolute Gasteiger partial charge is 0.451 e. The van der Waals surface area contributed by atoms with Gasteiger partial charge in [0, 0.05) is 6.92 Å². The van der Waals surface area contributed by atoms with Gasteiger partial charge < -0.3 is 9.84 Å². The van der Waals surface area contributed by atoms with Crippen LogP contribution in [0.5, 0.6) is 0 Å². The molecule has 1 aliphatic rings. The van der Waals surface area contributed by atoms with Crippen molar-refractivity contribution in [1.82, 2.24) is 0 Å². The second-order valence-electron chi connectivity index (χ2n) is 1.43. The van der Waals surface area contributed by atoms with Gasteiger partial charge in [0.15, 0.2) is 5.90 Å². The van der Waals surface area contributed by atoms with Gasteiger partial charge in [-0.25, -0.2) is 4.99 Å². The first kappa shape index (κ1) is 4.59. The van der Waals surface area contributed by atoms with E-state index in [9.17, 15) is 0 Å². The van der Waals surface area contributed by atoms with Crippen molar-refractivity contribution in [3.05, 3.63) is 0 Å². The van der Waals surface area contributed by atoms with Crippen LogP contribution in [-0.2, 0) is 4.74 Å². The Kier molecular flexibility index (Phi) is 0.982. The third-order valence-corrected chi connectivity index (χ3v) is 0.777. The van der Waals surface area contributed by atoms with Crippen LogP contribution in [0, 0.1) is 0 Å². The summed E-state index contributed by atoms with van der Waals surface area (Å²) in [6.45, 7) is 2.11. The Balaban J connectivity index is 2.42. The molecule has 1 rings (SSSR count). The van der Waals surface area contributed by atoms with E-state index in [-0.39, 0.29) is 0 Å². The summed E-state index contributed by atoms with van der Waals surface area (Å²) < 4.78 is 4.67. The maximum Gasteiger partial charge on any atom is 0.218 e. The molecule has 7 heavy (non-hydrogen) atoms. The summed E-state index contributed by atoms with van der Waals surface area (Å²) >= 11 is 0. The fourth-order valence-corrected chi connectivity index (χ4v) is 0.478. The van der Waals surface area contributed by atoms with Crippen LogP contribution in [0.2, 0.25) is 0 Å². The first-order valence-corrected chi connectivity index (χ1v) is 2.15. The van der Waals surface area contributed by atoms with E-state index in [4.69, 9.17) is 5.11 Å². The smallest absolute Gasteiger partial charge is 0.218 e. The number of ether oxygens (including phenoxy) is 1. The summed E-state index contributed by atoms with van der Waals surface area (Å²) in [6.07, 6.45) is -0.681. The molecule has 1 aliphatic heterocycles. The lowest BCUT2D eigenvalue weighted by atomic mass is 10.7. The maximum absolute atomic E-state index is 8.56. The summed E-state index contributed by atoms with van der Waals surface area (Å²) in [5.74, 6) is 0.576. The monoisotopic (exact) mass is 101 g/mol. The number of nitrogens with zero attached hydrogens (tertiary/aromatic N) is 1. The highest BCUT2D eigenvalue weighted by atomic mass is 16.6. The fourth-order valence-electron chi connectivity index (χ4n) is 0.478. The Morgan fingerprint density at radius 3 is 2.86 bits per heavy atom. The Bertz CT molecular complexity index is 99.9. The topological polar surface area (TPSA) is 41.8 Å². The second-order valence-corrected chi connectivity index (χ2v) is 1.43. The molecule has 0 aromatic heterocycles. The van der Waals surface area contributed by atoms with Crippen LogP contribution >= 0.6 is 0 Å². The molecule has 0 spiro atoms. The van der Waals surface area contributed by atoms with Gasteiger partial charge in [-0.1, -0.05) is 0 Å². The lowest BCUT2D eigenvalue weighted by molar-refractivity contribution is -0.00299. The van der Waals surface area contributed by atoms with Crippen molar-refractivity contribution in [3.8, 4) is 0 Å². The minimum atomic E-state index is -0.681. The summed E-state index contributed by atoms with van der Waals surface area (Å²) in [6, 6.07) is 0. The van der Waals surface area contributed by atoms with Gasteiger partial charge in [0.2, 0.25) is 6.29 Å². The zero-order chi connectivity index (χ0) is 5.28. The normalized spacial score (nSPS) is 29.4. The molecule has 1 unspecified atom stereocenters. The summed E-state index contributed by atoms with van der Waals surface area (Å²) in [5, 5.41) is 8.56. The van der Waals surface area contributed by atoms with Gasteiger partial charge in [0.25, 0.3) is 0 Å². The lowest BCUT2D eigenvalue weighted by Crippen LogP contribution is -2.09. The van der Waals surface area contributed by atoms with E-state index in [0.717, 1.165) is 0 Å². The van der Waals surface area contributed by atoms with Crippen LogP contribution in [0.25, 0.3) is 0 Å². The second kappa shape index (κ2) is 1.50. The van der Waals surface area contributed by atoms with E-state index in [0.29, 0.717) is 12.4 Å². The average Bonchev–Trinajstić information content (AvgIpc) is 1.87. The molecular formula is C4H7NO2. The zero-order valence-electron chi connectivity index (χ0n) is 4.09. The minimum Gasteiger partial charge on any atom is -0.451 e. The van der Waals surface area contributed by atoms with Gasteiger partial charge in [-0.05, 0) is 0 Å². The minimum absolute atomic E-state index is 0.395. The maximum atomic E-state index is 8.56. The van der Waals surface area contributed by atoms with E-state index in [1.165, 1.54) is 0 Å². The number of aliphatic hydroxyl groups excluding tert-OH is 1. The summed E-state index contributed by atoms with van der Waals surface area (Å²) in [7, 11) is 0. The van der Waals surface area contributed by atoms with Gasteiger partial charge in [-0.2, -0.15) is 0 Å². The molecule has 1 heterocycles. The highest BCUT2D eigenvalue weighted by Crippen LogP contribution is 1.98. The quantitative estimate of drug-likeness (QED) is 0.457. The highest BCUT2D eigenvalue weighted by Gasteiger charge is 2.10. The van der Waals surface area contributed by atoms with Gasteiger partial charge in [-0.15, -0.1) is 0 Å². The van der Waals surface area contributed by atoms with E-state index in [1.54, 1.807) is 6.92 Å². The molecule has 1 N–H and O–H groups in total. The van der Waals surface area contributed by atoms with E-state index in [2.05, 4.69) is 9.73 Å². The first-order valence-electron chi connectivity index (χ1n) is 2.15. The van der Waals surface area contributed by atoms with Crippen molar-refractivity contribution in [3.63, 3.8) is 0 Å². The number of hydrogen-bond acceptors (Lipinski definition) is 3. The van der Waals surface area contributed by atoms with Crippen LogP contribution in [0.1, 0.15) is 6.92 Å². The molecule has 0 aromatic rings. The van der Waals surface area contributed by atoms with Crippen molar-refractivity contribution in [2.24, 2.45) is 4.99 Å². The van der Waals surface area contributed by atoms with Crippen molar-refractivity contribution in [1.29, 1.82) is 0 Å². The molecule has 0 saturated heterocycles. The molecule has 0 bridgehead atoms. The zero-order valence-corrected chi connectivity index (χ0v) is 4.09. The molecule has 0 amide bonds. The average molecular weight is 101 g/mol. The number of aliphatic hydroxyl groups is 1. The molecule has 3 heteroatoms. The molecule has 0 fully saturated rings. The standard InChI is InChI=1S/C4H7NO2/c1-3-5-2-4(6)7-3/h4,6H,2H2,1H3. The Morgan fingerprint density at radius 2 is 2.71 bits per heavy atom. The molecule has 0 saturated carbocycles. The first-order chi connectivity index (χ1) is 3.29. The predicted octanol–water partition coefficient (Wildman–Crippen LogP) is -0.247. The molecule has 0 aromatic carbocycles. The molecule has 0 aliphatic carbocycles. The summed E-state index contributed by atoms with van der Waals surface area (Å²) in [5.41, 5.74) is 0. The molecule has 0 radical (unpaired) electrons. The SMILES string of the molecule is CC1=NCC(O)O1. The van der Waals surface area contributed by atoms with Gasteiger partial charge in [-0.3, -0.25) is 0 Å². The van der Waals surface area contributed by atoms with E-state index < -0.39 is 6.29 Å². The Hall–Kier alpha value is -0.570. The van der Waals surface area contributed by atoms with Gasteiger partial charge in [0.05, 0.1) is 0 Å². The van der Waals surface area contributed by atoms with Crippen LogP contribution in [-0.4, -0.2) is 23.8 Å². The van der Waals surface area contributed by atoms with Crippen molar-refractivity contribution in [2.45, 2.75) is 13.2 Å². The third kappa shape index (κ3) is 0.899. The van der Waals surface area contributed by atoms with Gasteiger partial charge >= 0.3 is 0 Å². The number of hydrogen-bond donors (Lipinski definition) is 1. The van der Waals surface area contributed by atoms with Gasteiger partial charge in [0.1, 0.15) is 6.54 Å². The van der Waals surface area contributed by atoms with Crippen LogP contribution in [0.3, 0.4) is 0 Å². The fraction of sp³-hybridized carbons (Fsp3) is 0.750. The van der Waals surface area contributed by atoms with Crippen LogP contribution in [0.15, 0.2) is 4.99 Å². The van der Waals surface area contributed by atoms with Crippen molar-refractivity contribution >= 4 is 5.90 Å². The molecule has 1 atom stereocenters. The Labute approximate surface area is 41.6 Å². The van der Waals surface area contributed by atoms with E-state index >= 15 is 0 Å². The molecule has 40 valence electrons. The Morgan fingerprint density at radius 1 is 2.00 bits per heavy atom. The summed E-state index contributed by atoms with van der Waals surface area (Å²) in [4.78, 5) is 3.76. The predicted molar refractivity (Wildman–Crippen MR) is 25.1 cm³/mol. The lowest BCUT2D eigenvalue weighted by Gasteiger charge is -1.97. The van der Waals surface area contributed by atoms with Crippen LogP contribution in [0.4, 0.5) is 0 Å². The van der Waals surface area contributed by atoms with Crippen molar-refractivity contribution in [2.75, 3.05) is 6.54 Å². The van der Waals surface area contributed by atoms with E-state index in [1.807, 2.05) is 0 Å². The highest BCUT2D eigenvalue weighted by molar-refractivity contribution is 5.74. The molecular weight excluding hydrogens is 94.0 g/mol. The number of aliphatic imine (C=N–C) groups is 1. The van der Waals surface area contributed by atoms with Crippen LogP contribution < -0.4 is 0 Å².